The molecule has 6 nitrogen and oxygen atoms in total. The lowest BCUT2D eigenvalue weighted by Gasteiger charge is -2.31. The van der Waals surface area contributed by atoms with E-state index in [9.17, 15) is 8.42 Å². The van der Waals surface area contributed by atoms with Gasteiger partial charge in [-0.3, -0.25) is 4.31 Å². The van der Waals surface area contributed by atoms with Crippen molar-refractivity contribution < 1.29 is 8.42 Å². The van der Waals surface area contributed by atoms with Crippen molar-refractivity contribution in [2.75, 3.05) is 16.1 Å². The Morgan fingerprint density at radius 2 is 2.10 bits per heavy atom. The molecule has 3 rings (SSSR count). The van der Waals surface area contributed by atoms with Crippen LogP contribution < -0.4 is 9.53 Å². The zero-order chi connectivity index (χ0) is 15.0. The molecule has 1 N–H and O–H groups in total. The average molecular weight is 300 g/mol. The van der Waals surface area contributed by atoms with E-state index < -0.39 is 10.0 Å². The van der Waals surface area contributed by atoms with Crippen molar-refractivity contribution in [3.63, 3.8) is 0 Å². The first-order valence-corrected chi connectivity index (χ1v) is 7.99. The molecule has 21 heavy (non-hydrogen) atoms. The van der Waals surface area contributed by atoms with Crippen LogP contribution in [0.3, 0.4) is 0 Å². The lowest BCUT2D eigenvalue weighted by molar-refractivity contribution is 0.588. The van der Waals surface area contributed by atoms with Crippen LogP contribution in [0.5, 0.6) is 0 Å². The third kappa shape index (κ3) is 2.06. The molecule has 2 radical (unpaired) electrons. The van der Waals surface area contributed by atoms with Gasteiger partial charge < -0.3 is 5.23 Å². The Labute approximate surface area is 124 Å². The fourth-order valence-electron chi connectivity index (χ4n) is 2.41. The fourth-order valence-corrected chi connectivity index (χ4v) is 4.07. The van der Waals surface area contributed by atoms with Crippen LogP contribution in [-0.4, -0.2) is 32.9 Å². The first-order valence-electron chi connectivity index (χ1n) is 6.55. The van der Waals surface area contributed by atoms with E-state index in [-0.39, 0.29) is 10.8 Å². The van der Waals surface area contributed by atoms with Crippen molar-refractivity contribution in [1.29, 1.82) is 0 Å². The highest BCUT2D eigenvalue weighted by molar-refractivity contribution is 7.93. The summed E-state index contributed by atoms with van der Waals surface area (Å²) in [5, 5.41) is 2.34. The smallest absolute Gasteiger partial charge is 0.268 e. The highest BCUT2D eigenvalue weighted by Crippen LogP contribution is 2.41. The van der Waals surface area contributed by atoms with Crippen molar-refractivity contribution in [3.05, 3.63) is 30.5 Å². The molecule has 8 heteroatoms. The van der Waals surface area contributed by atoms with E-state index in [4.69, 9.17) is 7.98 Å². The van der Waals surface area contributed by atoms with Crippen LogP contribution in [0.2, 0.25) is 0 Å². The van der Waals surface area contributed by atoms with Gasteiger partial charge in [-0.1, -0.05) is 25.1 Å². The van der Waals surface area contributed by atoms with Crippen LogP contribution in [0, 0.1) is 0 Å². The Morgan fingerprint density at radius 3 is 2.81 bits per heavy atom. The maximum atomic E-state index is 12.8. The number of nitrogens with one attached hydrogen (secondary N) is 1. The van der Waals surface area contributed by atoms with Gasteiger partial charge in [0.2, 0.25) is 13.9 Å². The molecule has 0 spiro atoms. The Balaban J connectivity index is 2.33. The predicted octanol–water partition coefficient (Wildman–Crippen LogP) is 1.56. The molecule has 0 atom stereocenters. The molecule has 0 aliphatic carbocycles. The van der Waals surface area contributed by atoms with E-state index in [0.29, 0.717) is 24.3 Å². The summed E-state index contributed by atoms with van der Waals surface area (Å²) in [6.45, 7) is 2.35. The van der Waals surface area contributed by atoms with Gasteiger partial charge in [0, 0.05) is 12.1 Å². The maximum Gasteiger partial charge on any atom is 0.268 e. The minimum atomic E-state index is -3.64. The normalized spacial score (nSPS) is 15.2. The maximum absolute atomic E-state index is 12.8. The number of benzene rings is 1. The van der Waals surface area contributed by atoms with Crippen LogP contribution in [0.1, 0.15) is 13.3 Å². The zero-order valence-electron chi connectivity index (χ0n) is 11.4. The molecule has 1 aromatic carbocycles. The Morgan fingerprint density at radius 1 is 1.33 bits per heavy atom. The van der Waals surface area contributed by atoms with E-state index in [1.54, 1.807) is 6.07 Å². The number of para-hydroxylation sites is 1. The van der Waals surface area contributed by atoms with Crippen molar-refractivity contribution in [2.24, 2.45) is 0 Å². The average Bonchev–Trinajstić information content (AvgIpc) is 2.51. The second-order valence-electron chi connectivity index (χ2n) is 4.65. The van der Waals surface area contributed by atoms with E-state index in [2.05, 4.69) is 15.2 Å². The second-order valence-corrected chi connectivity index (χ2v) is 6.48. The molecule has 0 unspecified atom stereocenters. The zero-order valence-corrected chi connectivity index (χ0v) is 12.3. The molecule has 0 fully saturated rings. The van der Waals surface area contributed by atoms with Crippen molar-refractivity contribution in [2.45, 2.75) is 18.2 Å². The van der Waals surface area contributed by atoms with Gasteiger partial charge in [0.1, 0.15) is 4.90 Å². The highest BCUT2D eigenvalue weighted by atomic mass is 32.2. The molecule has 106 valence electrons. The SMILES string of the molecule is [B]Nc1ncc2c(n1)-c1ccccc1N(CCC)S2(=O)=O. The molecule has 0 saturated heterocycles. The van der Waals surface area contributed by atoms with E-state index in [1.807, 2.05) is 25.1 Å². The number of sulfonamides is 1. The first-order chi connectivity index (χ1) is 10.1. The molecular weight excluding hydrogens is 287 g/mol. The summed E-state index contributed by atoms with van der Waals surface area (Å²) in [5.41, 5.74) is 1.77. The number of aromatic nitrogens is 2. The van der Waals surface area contributed by atoms with Crippen molar-refractivity contribution in [1.82, 2.24) is 9.97 Å². The molecule has 2 heterocycles. The van der Waals surface area contributed by atoms with E-state index in [0.717, 1.165) is 5.56 Å². The third-order valence-electron chi connectivity index (χ3n) is 3.31. The van der Waals surface area contributed by atoms with Crippen molar-refractivity contribution >= 4 is 29.6 Å². The minimum absolute atomic E-state index is 0.105. The van der Waals surface area contributed by atoms with Gasteiger partial charge in [0.25, 0.3) is 10.0 Å². The second kappa shape index (κ2) is 5.03. The number of fused-ring (bicyclic) bond motifs is 3. The summed E-state index contributed by atoms with van der Waals surface area (Å²) in [6.07, 6.45) is 2.01. The molecular formula is C13H13BN4O2S. The molecule has 1 aromatic heterocycles. The number of rotatable bonds is 3. The van der Waals surface area contributed by atoms with Gasteiger partial charge in [0.05, 0.1) is 17.6 Å². The van der Waals surface area contributed by atoms with E-state index in [1.165, 1.54) is 10.5 Å². The summed E-state index contributed by atoms with van der Waals surface area (Å²) in [7, 11) is 1.67. The largest absolute Gasteiger partial charge is 0.407 e. The number of hydrogen-bond donors (Lipinski definition) is 1. The number of nitrogens with zero attached hydrogens (tertiary/aromatic N) is 3. The van der Waals surface area contributed by atoms with Gasteiger partial charge in [-0.2, -0.15) is 0 Å². The van der Waals surface area contributed by atoms with Crippen LogP contribution >= 0.6 is 0 Å². The molecule has 0 bridgehead atoms. The highest BCUT2D eigenvalue weighted by Gasteiger charge is 2.35. The standard InChI is InChI=1S/C13H13BN4O2S/c1-2-7-18-10-6-4-3-5-9(10)12-11(21(18,19)20)8-15-13(16-12)17-14/h3-6,8H,2,7H2,1H3,(H,15,16,17). The fraction of sp³-hybridized carbons (Fsp3) is 0.231. The van der Waals surface area contributed by atoms with E-state index >= 15 is 0 Å². The Hall–Kier alpha value is -2.09. The Kier molecular flexibility index (Phi) is 3.33. The number of anilines is 2. The molecule has 1 aliphatic heterocycles. The summed E-state index contributed by atoms with van der Waals surface area (Å²) >= 11 is 0. The number of hydrogen-bond acceptors (Lipinski definition) is 5. The van der Waals surface area contributed by atoms with Crippen LogP contribution in [-0.2, 0) is 10.0 Å². The quantitative estimate of drug-likeness (QED) is 0.871. The predicted molar refractivity (Wildman–Crippen MR) is 81.7 cm³/mol. The van der Waals surface area contributed by atoms with Gasteiger partial charge in [-0.15, -0.1) is 0 Å². The molecule has 2 aromatic rings. The Bertz CT molecular complexity index is 795. The van der Waals surface area contributed by atoms with Crippen LogP contribution in [0.25, 0.3) is 11.3 Å². The van der Waals surface area contributed by atoms with Crippen LogP contribution in [0.4, 0.5) is 11.6 Å². The summed E-state index contributed by atoms with van der Waals surface area (Å²) in [5.74, 6) is 0.183. The molecule has 0 saturated carbocycles. The molecule has 1 aliphatic rings. The first kappa shape index (κ1) is 13.9. The lowest BCUT2D eigenvalue weighted by Crippen LogP contribution is -2.35. The lowest BCUT2D eigenvalue weighted by atomic mass is 10.1. The van der Waals surface area contributed by atoms with Crippen molar-refractivity contribution in [3.8, 4) is 11.3 Å². The van der Waals surface area contributed by atoms with Gasteiger partial charge in [-0.05, 0) is 12.5 Å². The van der Waals surface area contributed by atoms with Gasteiger partial charge >= 0.3 is 0 Å². The topological polar surface area (TPSA) is 75.2 Å². The summed E-state index contributed by atoms with van der Waals surface area (Å²) < 4.78 is 26.9. The monoisotopic (exact) mass is 300 g/mol. The van der Waals surface area contributed by atoms with Gasteiger partial charge in [-0.25, -0.2) is 18.4 Å². The summed E-state index contributed by atoms with van der Waals surface area (Å²) in [6, 6.07) is 7.29. The van der Waals surface area contributed by atoms with Gasteiger partial charge in [0.15, 0.2) is 0 Å². The van der Waals surface area contributed by atoms with Crippen LogP contribution in [0.15, 0.2) is 35.4 Å². The summed E-state index contributed by atoms with van der Waals surface area (Å²) in [4.78, 5) is 8.24. The molecule has 0 amide bonds. The minimum Gasteiger partial charge on any atom is -0.407 e. The third-order valence-corrected chi connectivity index (χ3v) is 5.12.